The number of rotatable bonds is 5. The van der Waals surface area contributed by atoms with Crippen molar-refractivity contribution < 1.29 is 18.4 Å². The Morgan fingerprint density at radius 3 is 2.63 bits per heavy atom. The molecule has 30 heavy (non-hydrogen) atoms. The van der Waals surface area contributed by atoms with Crippen LogP contribution in [0.1, 0.15) is 33.7 Å². The molecule has 0 saturated heterocycles. The maximum Gasteiger partial charge on any atom is 0.258 e. The number of halogens is 2. The van der Waals surface area contributed by atoms with Crippen molar-refractivity contribution in [1.82, 2.24) is 9.55 Å². The van der Waals surface area contributed by atoms with Crippen LogP contribution >= 0.6 is 0 Å². The zero-order chi connectivity index (χ0) is 21.3. The Hall–Kier alpha value is -3.55. The number of aromatic nitrogens is 2. The van der Waals surface area contributed by atoms with Crippen LogP contribution in [0.3, 0.4) is 0 Å². The Kier molecular flexibility index (Phi) is 5.31. The third kappa shape index (κ3) is 4.07. The van der Waals surface area contributed by atoms with Crippen LogP contribution < -0.4 is 10.6 Å². The fourth-order valence-electron chi connectivity index (χ4n) is 3.58. The molecule has 0 unspecified atom stereocenters. The van der Waals surface area contributed by atoms with E-state index in [9.17, 15) is 18.4 Å². The Morgan fingerprint density at radius 2 is 1.87 bits per heavy atom. The van der Waals surface area contributed by atoms with Gasteiger partial charge >= 0.3 is 0 Å². The topological polar surface area (TPSA) is 76.0 Å². The molecule has 0 bridgehead atoms. The third-order valence-corrected chi connectivity index (χ3v) is 5.17. The monoisotopic (exact) mass is 410 g/mol. The molecule has 1 heterocycles. The van der Waals surface area contributed by atoms with Crippen LogP contribution in [-0.2, 0) is 24.2 Å². The first kappa shape index (κ1) is 19.8. The second-order valence-electron chi connectivity index (χ2n) is 7.25. The lowest BCUT2D eigenvalue weighted by atomic mass is 10.1. The Morgan fingerprint density at radius 1 is 1.07 bits per heavy atom. The van der Waals surface area contributed by atoms with E-state index in [4.69, 9.17) is 0 Å². The van der Waals surface area contributed by atoms with Crippen molar-refractivity contribution in [2.45, 2.75) is 32.7 Å². The molecular weight excluding hydrogens is 390 g/mol. The molecule has 3 aromatic rings. The summed E-state index contributed by atoms with van der Waals surface area (Å²) < 4.78 is 30.0. The van der Waals surface area contributed by atoms with Gasteiger partial charge < -0.3 is 15.2 Å². The minimum absolute atomic E-state index is 0.0840. The van der Waals surface area contributed by atoms with E-state index < -0.39 is 23.4 Å². The van der Waals surface area contributed by atoms with Gasteiger partial charge in [0.1, 0.15) is 24.0 Å². The molecule has 0 radical (unpaired) electrons. The number of anilines is 2. The number of imidazole rings is 1. The van der Waals surface area contributed by atoms with Gasteiger partial charge in [-0.25, -0.2) is 13.8 Å². The molecule has 2 aromatic carbocycles. The van der Waals surface area contributed by atoms with E-state index in [2.05, 4.69) is 15.6 Å². The molecule has 0 saturated carbocycles. The van der Waals surface area contributed by atoms with Crippen LogP contribution in [0.2, 0.25) is 0 Å². The summed E-state index contributed by atoms with van der Waals surface area (Å²) in [6.07, 6.45) is 6.18. The molecule has 1 aliphatic rings. The first-order valence-electron chi connectivity index (χ1n) is 9.60. The molecule has 0 atom stereocenters. The summed E-state index contributed by atoms with van der Waals surface area (Å²) in [6.45, 7) is 1.65. The van der Waals surface area contributed by atoms with Gasteiger partial charge in [-0.3, -0.25) is 9.59 Å². The molecular formula is C22H20F2N4O2. The highest BCUT2D eigenvalue weighted by Gasteiger charge is 2.19. The number of aryl methyl sites for hydroxylation is 3. The molecule has 4 rings (SSSR count). The normalized spacial score (nSPS) is 12.5. The average molecular weight is 410 g/mol. The van der Waals surface area contributed by atoms with Gasteiger partial charge in [0.2, 0.25) is 5.91 Å². The van der Waals surface area contributed by atoms with Crippen LogP contribution in [0, 0.1) is 18.6 Å². The van der Waals surface area contributed by atoms with Gasteiger partial charge in [0.05, 0.1) is 11.3 Å². The number of nitrogens with one attached hydrogen (secondary N) is 2. The summed E-state index contributed by atoms with van der Waals surface area (Å²) in [5.41, 5.74) is 2.34. The predicted molar refractivity (Wildman–Crippen MR) is 108 cm³/mol. The van der Waals surface area contributed by atoms with E-state index in [-0.39, 0.29) is 17.8 Å². The van der Waals surface area contributed by atoms with Crippen LogP contribution in [0.25, 0.3) is 0 Å². The Balaban J connectivity index is 1.51. The lowest BCUT2D eigenvalue weighted by Crippen LogP contribution is -2.21. The van der Waals surface area contributed by atoms with E-state index in [1.807, 2.05) is 12.1 Å². The van der Waals surface area contributed by atoms with Crippen LogP contribution in [0.4, 0.5) is 20.2 Å². The van der Waals surface area contributed by atoms with Crippen LogP contribution in [0.5, 0.6) is 0 Å². The summed E-state index contributed by atoms with van der Waals surface area (Å²) in [6, 6.07) is 7.18. The summed E-state index contributed by atoms with van der Waals surface area (Å²) in [5.74, 6) is -2.58. The molecule has 0 spiro atoms. The second kappa shape index (κ2) is 8.06. The standard InChI is InChI=1S/C22H20F2N4O2/c1-13-25-7-8-28(13)12-21(29)27-20-10-17(18(23)11-19(20)24)22(30)26-16-6-5-14-3-2-4-15(14)9-16/h5-11H,2-4,12H2,1H3,(H,26,30)(H,27,29). The molecule has 0 fully saturated rings. The van der Waals surface area contributed by atoms with Crippen molar-refractivity contribution in [2.75, 3.05) is 10.6 Å². The highest BCUT2D eigenvalue weighted by atomic mass is 19.1. The molecule has 2 N–H and O–H groups in total. The quantitative estimate of drug-likeness (QED) is 0.671. The molecule has 0 aliphatic heterocycles. The lowest BCUT2D eigenvalue weighted by Gasteiger charge is -2.12. The summed E-state index contributed by atoms with van der Waals surface area (Å²) in [4.78, 5) is 28.8. The minimum atomic E-state index is -1.00. The zero-order valence-corrected chi connectivity index (χ0v) is 16.3. The van der Waals surface area contributed by atoms with Crippen molar-refractivity contribution in [3.05, 3.63) is 76.9 Å². The summed E-state index contributed by atoms with van der Waals surface area (Å²) in [7, 11) is 0. The van der Waals surface area contributed by atoms with E-state index in [1.165, 1.54) is 5.56 Å². The van der Waals surface area contributed by atoms with Gasteiger partial charge in [0, 0.05) is 24.1 Å². The van der Waals surface area contributed by atoms with Gasteiger partial charge in [-0.05, 0) is 55.5 Å². The molecule has 1 aromatic heterocycles. The molecule has 2 amide bonds. The number of nitrogens with zero attached hydrogens (tertiary/aromatic N) is 2. The van der Waals surface area contributed by atoms with Crippen LogP contribution in [-0.4, -0.2) is 21.4 Å². The predicted octanol–water partition coefficient (Wildman–Crippen LogP) is 3.85. The van der Waals surface area contributed by atoms with Gasteiger partial charge in [-0.2, -0.15) is 0 Å². The SMILES string of the molecule is Cc1nccn1CC(=O)Nc1cc(C(=O)Nc2ccc3c(c2)CCC3)c(F)cc1F. The molecule has 6 nitrogen and oxygen atoms in total. The number of benzene rings is 2. The highest BCUT2D eigenvalue weighted by Crippen LogP contribution is 2.26. The number of hydrogen-bond donors (Lipinski definition) is 2. The van der Waals surface area contributed by atoms with E-state index in [0.717, 1.165) is 30.9 Å². The highest BCUT2D eigenvalue weighted by molar-refractivity contribution is 6.05. The maximum atomic E-state index is 14.3. The second-order valence-corrected chi connectivity index (χ2v) is 7.25. The third-order valence-electron chi connectivity index (χ3n) is 5.17. The summed E-state index contributed by atoms with van der Waals surface area (Å²) in [5, 5.41) is 5.03. The smallest absolute Gasteiger partial charge is 0.258 e. The summed E-state index contributed by atoms with van der Waals surface area (Å²) >= 11 is 0. The van der Waals surface area contributed by atoms with E-state index >= 15 is 0 Å². The number of amides is 2. The number of carbonyl (C=O) groups excluding carboxylic acids is 2. The molecule has 1 aliphatic carbocycles. The van der Waals surface area contributed by atoms with E-state index in [1.54, 1.807) is 30.0 Å². The fourth-order valence-corrected chi connectivity index (χ4v) is 3.58. The van der Waals surface area contributed by atoms with Crippen molar-refractivity contribution in [3.63, 3.8) is 0 Å². The number of carbonyl (C=O) groups is 2. The van der Waals surface area contributed by atoms with E-state index in [0.29, 0.717) is 17.6 Å². The van der Waals surface area contributed by atoms with Gasteiger partial charge in [0.25, 0.3) is 5.91 Å². The first-order valence-corrected chi connectivity index (χ1v) is 9.60. The zero-order valence-electron chi connectivity index (χ0n) is 16.3. The van der Waals surface area contributed by atoms with Crippen molar-refractivity contribution in [3.8, 4) is 0 Å². The fraction of sp³-hybridized carbons (Fsp3) is 0.227. The van der Waals surface area contributed by atoms with Gasteiger partial charge in [0.15, 0.2) is 0 Å². The lowest BCUT2D eigenvalue weighted by molar-refractivity contribution is -0.116. The molecule has 8 heteroatoms. The van der Waals surface area contributed by atoms with Gasteiger partial charge in [-0.1, -0.05) is 6.07 Å². The maximum absolute atomic E-state index is 14.3. The largest absolute Gasteiger partial charge is 0.326 e. The number of fused-ring (bicyclic) bond motifs is 1. The Labute approximate surface area is 171 Å². The van der Waals surface area contributed by atoms with Crippen molar-refractivity contribution in [2.24, 2.45) is 0 Å². The van der Waals surface area contributed by atoms with Crippen molar-refractivity contribution in [1.29, 1.82) is 0 Å². The van der Waals surface area contributed by atoms with Crippen molar-refractivity contribution >= 4 is 23.2 Å². The Bertz CT molecular complexity index is 1140. The average Bonchev–Trinajstić information content (AvgIpc) is 3.32. The minimum Gasteiger partial charge on any atom is -0.326 e. The first-order chi connectivity index (χ1) is 14.4. The van der Waals surface area contributed by atoms with Crippen LogP contribution in [0.15, 0.2) is 42.7 Å². The number of hydrogen-bond acceptors (Lipinski definition) is 3. The van der Waals surface area contributed by atoms with Gasteiger partial charge in [-0.15, -0.1) is 0 Å². The molecule has 154 valence electrons.